The zero-order valence-electron chi connectivity index (χ0n) is 13.0. The molecular formula is C16H19N3O3S. The maximum atomic E-state index is 12.6. The summed E-state index contributed by atoms with van der Waals surface area (Å²) in [6.07, 6.45) is 2.72. The summed E-state index contributed by atoms with van der Waals surface area (Å²) in [4.78, 5) is 16.7. The lowest BCUT2D eigenvalue weighted by Gasteiger charge is -2.25. The first kappa shape index (κ1) is 17.1. The van der Waals surface area contributed by atoms with E-state index in [2.05, 4.69) is 10.3 Å². The van der Waals surface area contributed by atoms with Crippen LogP contribution in [0.25, 0.3) is 0 Å². The van der Waals surface area contributed by atoms with Gasteiger partial charge in [-0.2, -0.15) is 4.31 Å². The molecule has 1 N–H and O–H groups in total. The van der Waals surface area contributed by atoms with Crippen molar-refractivity contribution in [1.82, 2.24) is 14.6 Å². The molecule has 1 heterocycles. The van der Waals surface area contributed by atoms with Crippen molar-refractivity contribution in [2.24, 2.45) is 0 Å². The highest BCUT2D eigenvalue weighted by Crippen LogP contribution is 2.21. The lowest BCUT2D eigenvalue weighted by atomic mass is 10.1. The molecule has 0 bridgehead atoms. The molecular weight excluding hydrogens is 314 g/mol. The van der Waals surface area contributed by atoms with Crippen molar-refractivity contribution in [1.29, 1.82) is 0 Å². The van der Waals surface area contributed by atoms with Crippen molar-refractivity contribution in [3.8, 4) is 0 Å². The fraction of sp³-hybridized carbons (Fsp3) is 0.250. The van der Waals surface area contributed by atoms with E-state index in [1.54, 1.807) is 42.6 Å². The summed E-state index contributed by atoms with van der Waals surface area (Å²) in [5.74, 6) is -0.394. The van der Waals surface area contributed by atoms with Crippen LogP contribution in [0.4, 0.5) is 0 Å². The Morgan fingerprint density at radius 3 is 2.39 bits per heavy atom. The molecule has 1 unspecified atom stereocenters. The molecule has 0 aliphatic carbocycles. The number of likely N-dealkylation sites (N-methyl/N-ethyl adjacent to an activating group) is 1. The molecule has 1 atom stereocenters. The maximum Gasteiger partial charge on any atom is 0.243 e. The number of carbonyl (C=O) groups excluding carboxylic acids is 1. The van der Waals surface area contributed by atoms with Gasteiger partial charge in [0, 0.05) is 13.2 Å². The minimum absolute atomic E-state index is 0.237. The van der Waals surface area contributed by atoms with Gasteiger partial charge in [-0.25, -0.2) is 8.42 Å². The Bertz CT molecular complexity index is 749. The molecule has 0 aliphatic heterocycles. The molecule has 1 amide bonds. The third-order valence-corrected chi connectivity index (χ3v) is 4.68. The number of hydrogen-bond donors (Lipinski definition) is 1. The van der Waals surface area contributed by atoms with Gasteiger partial charge in [0.1, 0.15) is 6.04 Å². The predicted molar refractivity (Wildman–Crippen MR) is 87.9 cm³/mol. The van der Waals surface area contributed by atoms with Crippen LogP contribution in [0.3, 0.4) is 0 Å². The number of hydrogen-bond acceptors (Lipinski definition) is 4. The molecule has 7 heteroatoms. The summed E-state index contributed by atoms with van der Waals surface area (Å²) in [5, 5.41) is 2.74. The number of amides is 1. The van der Waals surface area contributed by atoms with Crippen LogP contribution in [-0.4, -0.2) is 36.9 Å². The van der Waals surface area contributed by atoms with Crippen LogP contribution >= 0.6 is 0 Å². The average Bonchev–Trinajstić information content (AvgIpc) is 2.54. The number of benzene rings is 1. The van der Waals surface area contributed by atoms with Crippen molar-refractivity contribution in [2.45, 2.75) is 12.6 Å². The molecule has 0 saturated carbocycles. The summed E-state index contributed by atoms with van der Waals surface area (Å²) in [5.41, 5.74) is 1.31. The van der Waals surface area contributed by atoms with Gasteiger partial charge in [-0.05, 0) is 17.7 Å². The van der Waals surface area contributed by atoms with E-state index in [-0.39, 0.29) is 6.54 Å². The number of pyridine rings is 1. The number of rotatable bonds is 6. The van der Waals surface area contributed by atoms with Crippen LogP contribution in [0.1, 0.15) is 17.3 Å². The van der Waals surface area contributed by atoms with E-state index < -0.39 is 22.0 Å². The quantitative estimate of drug-likeness (QED) is 0.865. The molecule has 0 aliphatic rings. The monoisotopic (exact) mass is 333 g/mol. The fourth-order valence-electron chi connectivity index (χ4n) is 2.13. The van der Waals surface area contributed by atoms with Gasteiger partial charge in [0.2, 0.25) is 15.9 Å². The molecule has 0 spiro atoms. The standard InChI is InChI=1S/C16H19N3O3S/c1-19(23(2,21)22)15(13-8-4-3-5-9-13)16(20)18-12-14-10-6-7-11-17-14/h3-11,15H,12H2,1-2H3,(H,18,20). The van der Waals surface area contributed by atoms with E-state index in [0.29, 0.717) is 11.3 Å². The molecule has 0 saturated heterocycles. The molecule has 122 valence electrons. The smallest absolute Gasteiger partial charge is 0.243 e. The summed E-state index contributed by atoms with van der Waals surface area (Å²) in [6, 6.07) is 13.3. The van der Waals surface area contributed by atoms with E-state index >= 15 is 0 Å². The van der Waals surface area contributed by atoms with E-state index in [0.717, 1.165) is 10.6 Å². The Morgan fingerprint density at radius 2 is 1.83 bits per heavy atom. The first-order valence-corrected chi connectivity index (χ1v) is 8.90. The van der Waals surface area contributed by atoms with Crippen LogP contribution < -0.4 is 5.32 Å². The number of nitrogens with one attached hydrogen (secondary N) is 1. The van der Waals surface area contributed by atoms with Crippen molar-refractivity contribution in [3.63, 3.8) is 0 Å². The minimum atomic E-state index is -3.52. The summed E-state index contributed by atoms with van der Waals surface area (Å²) < 4.78 is 24.8. The van der Waals surface area contributed by atoms with Crippen molar-refractivity contribution < 1.29 is 13.2 Å². The van der Waals surface area contributed by atoms with Crippen LogP contribution in [0, 0.1) is 0 Å². The first-order valence-electron chi connectivity index (χ1n) is 7.05. The zero-order valence-corrected chi connectivity index (χ0v) is 13.8. The number of carbonyl (C=O) groups is 1. The lowest BCUT2D eigenvalue weighted by Crippen LogP contribution is -2.41. The van der Waals surface area contributed by atoms with Crippen LogP contribution in [0.15, 0.2) is 54.7 Å². The molecule has 0 radical (unpaired) electrons. The Balaban J connectivity index is 2.21. The van der Waals surface area contributed by atoms with Gasteiger partial charge in [-0.1, -0.05) is 36.4 Å². The average molecular weight is 333 g/mol. The van der Waals surface area contributed by atoms with Gasteiger partial charge < -0.3 is 5.32 Å². The van der Waals surface area contributed by atoms with Gasteiger partial charge in [0.25, 0.3) is 0 Å². The largest absolute Gasteiger partial charge is 0.349 e. The highest BCUT2D eigenvalue weighted by Gasteiger charge is 2.30. The van der Waals surface area contributed by atoms with E-state index in [4.69, 9.17) is 0 Å². The molecule has 2 aromatic rings. The summed E-state index contributed by atoms with van der Waals surface area (Å²) in [7, 11) is -2.13. The first-order chi connectivity index (χ1) is 10.9. The third-order valence-electron chi connectivity index (χ3n) is 3.42. The molecule has 1 aromatic carbocycles. The lowest BCUT2D eigenvalue weighted by molar-refractivity contribution is -0.125. The van der Waals surface area contributed by atoms with Gasteiger partial charge in [-0.15, -0.1) is 0 Å². The highest BCUT2D eigenvalue weighted by molar-refractivity contribution is 7.88. The van der Waals surface area contributed by atoms with E-state index in [1.807, 2.05) is 12.1 Å². The fourth-order valence-corrected chi connectivity index (χ4v) is 2.73. The second-order valence-corrected chi connectivity index (χ2v) is 7.17. The Kier molecular flexibility index (Phi) is 5.46. The van der Waals surface area contributed by atoms with Gasteiger partial charge >= 0.3 is 0 Å². The summed E-state index contributed by atoms with van der Waals surface area (Å²) >= 11 is 0. The van der Waals surface area contributed by atoms with Crippen LogP contribution in [0.2, 0.25) is 0 Å². The van der Waals surface area contributed by atoms with E-state index in [1.165, 1.54) is 7.05 Å². The Morgan fingerprint density at radius 1 is 1.17 bits per heavy atom. The number of nitrogens with zero attached hydrogens (tertiary/aromatic N) is 2. The Hall–Kier alpha value is -2.25. The Labute approximate surface area is 136 Å². The number of aromatic nitrogens is 1. The van der Waals surface area contributed by atoms with Crippen molar-refractivity contribution in [3.05, 3.63) is 66.0 Å². The van der Waals surface area contributed by atoms with Crippen LogP contribution in [-0.2, 0) is 21.4 Å². The van der Waals surface area contributed by atoms with Gasteiger partial charge in [0.15, 0.2) is 0 Å². The predicted octanol–water partition coefficient (Wildman–Crippen LogP) is 1.33. The van der Waals surface area contributed by atoms with Crippen molar-refractivity contribution in [2.75, 3.05) is 13.3 Å². The maximum absolute atomic E-state index is 12.6. The topological polar surface area (TPSA) is 79.4 Å². The summed E-state index contributed by atoms with van der Waals surface area (Å²) in [6.45, 7) is 0.237. The normalized spacial score (nSPS) is 12.8. The van der Waals surface area contributed by atoms with E-state index in [9.17, 15) is 13.2 Å². The van der Waals surface area contributed by atoms with Gasteiger partial charge in [-0.3, -0.25) is 9.78 Å². The highest BCUT2D eigenvalue weighted by atomic mass is 32.2. The van der Waals surface area contributed by atoms with Crippen LogP contribution in [0.5, 0.6) is 0 Å². The molecule has 23 heavy (non-hydrogen) atoms. The molecule has 2 rings (SSSR count). The SMILES string of the molecule is CN(C(C(=O)NCc1ccccn1)c1ccccc1)S(C)(=O)=O. The number of sulfonamides is 1. The third kappa shape index (κ3) is 4.61. The minimum Gasteiger partial charge on any atom is -0.349 e. The zero-order chi connectivity index (χ0) is 16.9. The van der Waals surface area contributed by atoms with Crippen molar-refractivity contribution >= 4 is 15.9 Å². The molecule has 6 nitrogen and oxygen atoms in total. The second-order valence-electron chi connectivity index (χ2n) is 5.13. The van der Waals surface area contributed by atoms with Gasteiger partial charge in [0.05, 0.1) is 18.5 Å². The molecule has 0 fully saturated rings. The second kappa shape index (κ2) is 7.34. The molecule has 1 aromatic heterocycles.